The molecular weight excluding hydrogens is 349 g/mol. The third-order valence-electron chi connectivity index (χ3n) is 4.94. The van der Waals surface area contributed by atoms with Crippen molar-refractivity contribution in [1.29, 1.82) is 0 Å². The molecule has 1 aliphatic rings. The summed E-state index contributed by atoms with van der Waals surface area (Å²) in [6, 6.07) is 5.35. The molecule has 1 aliphatic heterocycles. The second-order valence-electron chi connectivity index (χ2n) is 6.58. The number of fused-ring (bicyclic) bond motifs is 1. The Morgan fingerprint density at radius 1 is 1.15 bits per heavy atom. The summed E-state index contributed by atoms with van der Waals surface area (Å²) in [6.45, 7) is 2.64. The monoisotopic (exact) mass is 369 g/mol. The number of amides is 1. The van der Waals surface area contributed by atoms with Gasteiger partial charge in [0.1, 0.15) is 24.0 Å². The van der Waals surface area contributed by atoms with Gasteiger partial charge in [-0.3, -0.25) is 14.4 Å². The minimum absolute atomic E-state index is 0.337. The first-order valence-corrected chi connectivity index (χ1v) is 8.71. The van der Waals surface area contributed by atoms with Crippen LogP contribution in [-0.4, -0.2) is 56.7 Å². The van der Waals surface area contributed by atoms with E-state index in [1.54, 1.807) is 23.0 Å². The minimum Gasteiger partial charge on any atom is -0.368 e. The topological polar surface area (TPSA) is 93.2 Å². The van der Waals surface area contributed by atoms with Crippen molar-refractivity contribution in [3.8, 4) is 0 Å². The molecule has 140 valence electrons. The molecule has 1 amide bonds. The van der Waals surface area contributed by atoms with Crippen LogP contribution < -0.4 is 10.6 Å². The van der Waals surface area contributed by atoms with Gasteiger partial charge in [0, 0.05) is 33.2 Å². The molecule has 3 aromatic rings. The Kier molecular flexibility index (Phi) is 4.44. The molecule has 3 heterocycles. The van der Waals surface area contributed by atoms with E-state index in [2.05, 4.69) is 20.0 Å². The first-order valence-electron chi connectivity index (χ1n) is 8.71. The molecule has 0 aliphatic carbocycles. The molecule has 2 aromatic heterocycles. The predicted octanol–water partition coefficient (Wildman–Crippen LogP) is 0.851. The zero-order valence-electron chi connectivity index (χ0n) is 14.9. The number of piperazine rings is 1. The predicted molar refractivity (Wildman–Crippen MR) is 98.4 cm³/mol. The maximum absolute atomic E-state index is 13.2. The largest absolute Gasteiger partial charge is 0.368 e. The van der Waals surface area contributed by atoms with Crippen LogP contribution in [0.5, 0.6) is 0 Å². The van der Waals surface area contributed by atoms with Gasteiger partial charge in [0.25, 0.3) is 0 Å². The molecule has 1 atom stereocenters. The van der Waals surface area contributed by atoms with E-state index < -0.39 is 11.9 Å². The number of hydrogen-bond acceptors (Lipinski definition) is 6. The van der Waals surface area contributed by atoms with Crippen molar-refractivity contribution in [1.82, 2.24) is 24.6 Å². The summed E-state index contributed by atoms with van der Waals surface area (Å²) in [6.07, 6.45) is 3.30. The lowest BCUT2D eigenvalue weighted by Gasteiger charge is -2.38. The van der Waals surface area contributed by atoms with Crippen LogP contribution in [0.4, 0.5) is 10.2 Å². The zero-order chi connectivity index (χ0) is 19.0. The molecule has 0 saturated carbocycles. The first kappa shape index (κ1) is 17.3. The first-order chi connectivity index (χ1) is 13.0. The number of nitrogens with zero attached hydrogens (tertiary/aromatic N) is 6. The van der Waals surface area contributed by atoms with Crippen molar-refractivity contribution >= 4 is 22.8 Å². The molecule has 1 saturated heterocycles. The highest BCUT2D eigenvalue weighted by atomic mass is 19.1. The van der Waals surface area contributed by atoms with E-state index in [0.717, 1.165) is 16.9 Å². The fourth-order valence-corrected chi connectivity index (χ4v) is 3.59. The quantitative estimate of drug-likeness (QED) is 0.733. The molecule has 0 bridgehead atoms. The van der Waals surface area contributed by atoms with Crippen LogP contribution in [0.2, 0.25) is 0 Å². The van der Waals surface area contributed by atoms with Crippen molar-refractivity contribution in [2.45, 2.75) is 6.04 Å². The number of primary amides is 1. The van der Waals surface area contributed by atoms with Gasteiger partial charge < -0.3 is 10.6 Å². The number of benzene rings is 1. The maximum atomic E-state index is 13.2. The van der Waals surface area contributed by atoms with E-state index in [1.807, 2.05) is 11.9 Å². The van der Waals surface area contributed by atoms with Gasteiger partial charge in [-0.15, -0.1) is 0 Å². The maximum Gasteiger partial charge on any atom is 0.239 e. The van der Waals surface area contributed by atoms with Gasteiger partial charge in [0.15, 0.2) is 5.65 Å². The fourth-order valence-electron chi connectivity index (χ4n) is 3.59. The van der Waals surface area contributed by atoms with Crippen molar-refractivity contribution in [3.63, 3.8) is 0 Å². The van der Waals surface area contributed by atoms with E-state index in [-0.39, 0.29) is 5.82 Å². The highest BCUT2D eigenvalue weighted by Gasteiger charge is 2.30. The standard InChI is InChI=1S/C18H20FN7O/c1-24-17-14(10-23-24)18(22-11-21-17)26-8-6-25(7-9-26)15(16(20)27)12-2-4-13(19)5-3-12/h2-5,10-11,15H,6-9H2,1H3,(H2,20,27)/t15-/m0/s1. The van der Waals surface area contributed by atoms with E-state index in [0.29, 0.717) is 31.7 Å². The summed E-state index contributed by atoms with van der Waals surface area (Å²) in [7, 11) is 1.84. The number of carbonyl (C=O) groups is 1. The highest BCUT2D eigenvalue weighted by Crippen LogP contribution is 2.26. The Balaban J connectivity index is 1.53. The molecule has 2 N–H and O–H groups in total. The van der Waals surface area contributed by atoms with Gasteiger partial charge in [-0.25, -0.2) is 14.4 Å². The lowest BCUT2D eigenvalue weighted by molar-refractivity contribution is -0.123. The zero-order valence-corrected chi connectivity index (χ0v) is 14.9. The fraction of sp³-hybridized carbons (Fsp3) is 0.333. The summed E-state index contributed by atoms with van der Waals surface area (Å²) in [5.41, 5.74) is 7.13. The average Bonchev–Trinajstić information content (AvgIpc) is 3.05. The van der Waals surface area contributed by atoms with Gasteiger partial charge in [-0.2, -0.15) is 5.10 Å². The molecule has 8 nitrogen and oxygen atoms in total. The van der Waals surface area contributed by atoms with E-state index in [9.17, 15) is 9.18 Å². The molecule has 0 radical (unpaired) electrons. The Bertz CT molecular complexity index is 964. The van der Waals surface area contributed by atoms with Gasteiger partial charge in [-0.05, 0) is 17.7 Å². The Morgan fingerprint density at radius 3 is 2.52 bits per heavy atom. The third kappa shape index (κ3) is 3.21. The van der Waals surface area contributed by atoms with E-state index in [4.69, 9.17) is 5.73 Å². The molecule has 0 spiro atoms. The van der Waals surface area contributed by atoms with Crippen molar-refractivity contribution in [2.24, 2.45) is 12.8 Å². The summed E-state index contributed by atoms with van der Waals surface area (Å²) < 4.78 is 14.9. The van der Waals surface area contributed by atoms with Crippen LogP contribution in [0.15, 0.2) is 36.8 Å². The second-order valence-corrected chi connectivity index (χ2v) is 6.58. The van der Waals surface area contributed by atoms with Crippen LogP contribution in [0.1, 0.15) is 11.6 Å². The molecule has 1 fully saturated rings. The normalized spacial score (nSPS) is 16.6. The number of halogens is 1. The lowest BCUT2D eigenvalue weighted by atomic mass is 10.0. The van der Waals surface area contributed by atoms with Crippen LogP contribution in [0, 0.1) is 5.82 Å². The molecule has 9 heteroatoms. The number of carbonyl (C=O) groups excluding carboxylic acids is 1. The smallest absolute Gasteiger partial charge is 0.239 e. The van der Waals surface area contributed by atoms with Gasteiger partial charge in [0.05, 0.1) is 11.6 Å². The van der Waals surface area contributed by atoms with Gasteiger partial charge >= 0.3 is 0 Å². The third-order valence-corrected chi connectivity index (χ3v) is 4.94. The number of aryl methyl sites for hydroxylation is 1. The molecular formula is C18H20FN7O. The molecule has 1 aromatic carbocycles. The number of nitrogens with two attached hydrogens (primary N) is 1. The minimum atomic E-state index is -0.573. The van der Waals surface area contributed by atoms with Crippen LogP contribution in [0.3, 0.4) is 0 Å². The summed E-state index contributed by atoms with van der Waals surface area (Å²) >= 11 is 0. The number of anilines is 1. The number of rotatable bonds is 4. The van der Waals surface area contributed by atoms with Crippen LogP contribution in [-0.2, 0) is 11.8 Å². The van der Waals surface area contributed by atoms with Crippen LogP contribution >= 0.6 is 0 Å². The summed E-state index contributed by atoms with van der Waals surface area (Å²) in [5, 5.41) is 5.15. The van der Waals surface area contributed by atoms with E-state index >= 15 is 0 Å². The van der Waals surface area contributed by atoms with Crippen molar-refractivity contribution in [3.05, 3.63) is 48.2 Å². The Morgan fingerprint density at radius 2 is 1.85 bits per heavy atom. The van der Waals surface area contributed by atoms with E-state index in [1.165, 1.54) is 18.5 Å². The summed E-state index contributed by atoms with van der Waals surface area (Å²) in [4.78, 5) is 24.9. The highest BCUT2D eigenvalue weighted by molar-refractivity contribution is 5.86. The molecule has 4 rings (SSSR count). The van der Waals surface area contributed by atoms with Gasteiger partial charge in [-0.1, -0.05) is 12.1 Å². The number of aromatic nitrogens is 4. The second kappa shape index (κ2) is 6.92. The average molecular weight is 369 g/mol. The molecule has 0 unspecified atom stereocenters. The van der Waals surface area contributed by atoms with Crippen molar-refractivity contribution < 1.29 is 9.18 Å². The Labute approximate surface area is 155 Å². The lowest BCUT2D eigenvalue weighted by Crippen LogP contribution is -2.50. The SMILES string of the molecule is Cn1ncc2c(N3CCN([C@H](C(N)=O)c4ccc(F)cc4)CC3)ncnc21. The van der Waals surface area contributed by atoms with Crippen molar-refractivity contribution in [2.75, 3.05) is 31.1 Å². The summed E-state index contributed by atoms with van der Waals surface area (Å²) in [5.74, 6) is 0.0629. The Hall–Kier alpha value is -3.07. The van der Waals surface area contributed by atoms with Gasteiger partial charge in [0.2, 0.25) is 5.91 Å². The van der Waals surface area contributed by atoms with Crippen LogP contribution in [0.25, 0.3) is 11.0 Å². The number of hydrogen-bond donors (Lipinski definition) is 1. The molecule has 27 heavy (non-hydrogen) atoms.